The van der Waals surface area contributed by atoms with E-state index in [9.17, 15) is 0 Å². The zero-order valence-electron chi connectivity index (χ0n) is 15.5. The SMILES string of the molecule is Cc1ccc2[nH]c(CN(Cc3ccccn3)C[C@H]3CCCO3)nc2c1C. The Balaban J connectivity index is 1.56. The topological polar surface area (TPSA) is 54.0 Å². The second kappa shape index (κ2) is 7.56. The summed E-state index contributed by atoms with van der Waals surface area (Å²) >= 11 is 0. The van der Waals surface area contributed by atoms with Gasteiger partial charge < -0.3 is 9.72 Å². The summed E-state index contributed by atoms with van der Waals surface area (Å²) in [4.78, 5) is 15.2. The minimum Gasteiger partial charge on any atom is -0.377 e. The number of benzene rings is 1. The molecule has 0 amide bonds. The molecule has 5 heteroatoms. The van der Waals surface area contributed by atoms with Crippen LogP contribution in [0.3, 0.4) is 0 Å². The van der Waals surface area contributed by atoms with E-state index in [1.165, 1.54) is 11.1 Å². The quantitative estimate of drug-likeness (QED) is 0.735. The van der Waals surface area contributed by atoms with E-state index >= 15 is 0 Å². The van der Waals surface area contributed by atoms with E-state index in [1.54, 1.807) is 0 Å². The molecule has 0 unspecified atom stereocenters. The Labute approximate surface area is 154 Å². The van der Waals surface area contributed by atoms with Crippen molar-refractivity contribution < 1.29 is 4.74 Å². The van der Waals surface area contributed by atoms with Crippen LogP contribution in [-0.2, 0) is 17.8 Å². The maximum Gasteiger partial charge on any atom is 0.121 e. The molecule has 0 radical (unpaired) electrons. The third-order valence-electron chi connectivity index (χ3n) is 5.20. The van der Waals surface area contributed by atoms with E-state index in [0.29, 0.717) is 6.10 Å². The van der Waals surface area contributed by atoms with Crippen LogP contribution in [0.1, 0.15) is 35.5 Å². The largest absolute Gasteiger partial charge is 0.377 e. The van der Waals surface area contributed by atoms with Crippen molar-refractivity contribution in [3.05, 3.63) is 59.2 Å². The van der Waals surface area contributed by atoms with Crippen molar-refractivity contribution in [1.29, 1.82) is 0 Å². The van der Waals surface area contributed by atoms with Crippen molar-refractivity contribution >= 4 is 11.0 Å². The summed E-state index contributed by atoms with van der Waals surface area (Å²) in [6.45, 7) is 7.63. The van der Waals surface area contributed by atoms with Crippen LogP contribution in [0.15, 0.2) is 36.5 Å². The van der Waals surface area contributed by atoms with Crippen molar-refractivity contribution in [3.63, 3.8) is 0 Å². The molecule has 1 N–H and O–H groups in total. The van der Waals surface area contributed by atoms with Crippen LogP contribution >= 0.6 is 0 Å². The Morgan fingerprint density at radius 1 is 1.19 bits per heavy atom. The molecule has 5 nitrogen and oxygen atoms in total. The predicted molar refractivity (Wildman–Crippen MR) is 103 cm³/mol. The first-order valence-electron chi connectivity index (χ1n) is 9.38. The monoisotopic (exact) mass is 350 g/mol. The lowest BCUT2D eigenvalue weighted by Crippen LogP contribution is -2.32. The molecule has 1 aliphatic heterocycles. The first kappa shape index (κ1) is 17.2. The van der Waals surface area contributed by atoms with Gasteiger partial charge in [0, 0.05) is 25.9 Å². The number of nitrogens with zero attached hydrogens (tertiary/aromatic N) is 3. The second-order valence-corrected chi connectivity index (χ2v) is 7.21. The van der Waals surface area contributed by atoms with Gasteiger partial charge in [0.15, 0.2) is 0 Å². The smallest absolute Gasteiger partial charge is 0.121 e. The molecule has 136 valence electrons. The van der Waals surface area contributed by atoms with Crippen LogP contribution < -0.4 is 0 Å². The lowest BCUT2D eigenvalue weighted by molar-refractivity contribution is 0.0667. The van der Waals surface area contributed by atoms with Crippen LogP contribution in [0.25, 0.3) is 11.0 Å². The molecule has 0 saturated carbocycles. The highest BCUT2D eigenvalue weighted by molar-refractivity contribution is 5.79. The molecule has 3 heterocycles. The van der Waals surface area contributed by atoms with E-state index in [0.717, 1.165) is 61.6 Å². The molecule has 1 atom stereocenters. The first-order chi connectivity index (χ1) is 12.7. The number of hydrogen-bond donors (Lipinski definition) is 1. The molecule has 1 saturated heterocycles. The Morgan fingerprint density at radius 2 is 2.12 bits per heavy atom. The lowest BCUT2D eigenvalue weighted by Gasteiger charge is -2.24. The van der Waals surface area contributed by atoms with Gasteiger partial charge in [0.25, 0.3) is 0 Å². The van der Waals surface area contributed by atoms with Crippen molar-refractivity contribution in [2.24, 2.45) is 0 Å². The molecule has 0 bridgehead atoms. The van der Waals surface area contributed by atoms with Crippen LogP contribution in [0.5, 0.6) is 0 Å². The van der Waals surface area contributed by atoms with Gasteiger partial charge in [-0.25, -0.2) is 4.98 Å². The number of aromatic nitrogens is 3. The normalized spacial score (nSPS) is 17.4. The molecule has 1 fully saturated rings. The van der Waals surface area contributed by atoms with E-state index in [-0.39, 0.29) is 0 Å². The van der Waals surface area contributed by atoms with Crippen molar-refractivity contribution in [2.75, 3.05) is 13.2 Å². The van der Waals surface area contributed by atoms with Gasteiger partial charge in [-0.1, -0.05) is 12.1 Å². The maximum absolute atomic E-state index is 5.86. The molecular formula is C21H26N4O. The van der Waals surface area contributed by atoms with Crippen LogP contribution in [-0.4, -0.2) is 39.1 Å². The number of imidazole rings is 1. The molecule has 4 rings (SSSR count). The molecule has 0 aliphatic carbocycles. The number of H-pyrrole nitrogens is 1. The van der Waals surface area contributed by atoms with E-state index in [2.05, 4.69) is 46.9 Å². The van der Waals surface area contributed by atoms with Gasteiger partial charge >= 0.3 is 0 Å². The van der Waals surface area contributed by atoms with Gasteiger partial charge in [-0.3, -0.25) is 9.88 Å². The summed E-state index contributed by atoms with van der Waals surface area (Å²) in [5, 5.41) is 0. The fourth-order valence-electron chi connectivity index (χ4n) is 3.63. The van der Waals surface area contributed by atoms with Gasteiger partial charge in [-0.2, -0.15) is 0 Å². The van der Waals surface area contributed by atoms with E-state index in [1.807, 2.05) is 18.3 Å². The standard InChI is InChI=1S/C21H26N4O/c1-15-8-9-19-21(16(15)2)24-20(23-19)14-25(13-18-7-5-11-26-18)12-17-6-3-4-10-22-17/h3-4,6,8-10,18H,5,7,11-14H2,1-2H3,(H,23,24)/t18-/m1/s1. The number of nitrogens with one attached hydrogen (secondary N) is 1. The van der Waals surface area contributed by atoms with Crippen molar-refractivity contribution in [1.82, 2.24) is 19.9 Å². The molecule has 0 spiro atoms. The fraction of sp³-hybridized carbons (Fsp3) is 0.429. The van der Waals surface area contributed by atoms with Gasteiger partial charge in [0.1, 0.15) is 5.82 Å². The molecule has 1 aromatic carbocycles. The minimum absolute atomic E-state index is 0.312. The minimum atomic E-state index is 0.312. The van der Waals surface area contributed by atoms with Gasteiger partial charge in [0.05, 0.1) is 29.4 Å². The van der Waals surface area contributed by atoms with E-state index < -0.39 is 0 Å². The second-order valence-electron chi connectivity index (χ2n) is 7.21. The number of rotatable bonds is 6. The van der Waals surface area contributed by atoms with Crippen LogP contribution in [0.4, 0.5) is 0 Å². The molecule has 1 aliphatic rings. The Morgan fingerprint density at radius 3 is 2.88 bits per heavy atom. The summed E-state index contributed by atoms with van der Waals surface area (Å²) in [6.07, 6.45) is 4.46. The number of hydrogen-bond acceptors (Lipinski definition) is 4. The summed E-state index contributed by atoms with van der Waals surface area (Å²) in [6, 6.07) is 10.3. The van der Waals surface area contributed by atoms with Gasteiger partial charge in [-0.05, 0) is 56.0 Å². The van der Waals surface area contributed by atoms with Crippen molar-refractivity contribution in [3.8, 4) is 0 Å². The highest BCUT2D eigenvalue weighted by Crippen LogP contribution is 2.21. The number of aromatic amines is 1. The highest BCUT2D eigenvalue weighted by atomic mass is 16.5. The Hall–Kier alpha value is -2.24. The summed E-state index contributed by atoms with van der Waals surface area (Å²) in [5.74, 6) is 1.00. The third-order valence-corrected chi connectivity index (χ3v) is 5.20. The summed E-state index contributed by atoms with van der Waals surface area (Å²) in [5.41, 5.74) is 5.79. The fourth-order valence-corrected chi connectivity index (χ4v) is 3.63. The van der Waals surface area contributed by atoms with Crippen LogP contribution in [0.2, 0.25) is 0 Å². The van der Waals surface area contributed by atoms with Crippen LogP contribution in [0, 0.1) is 13.8 Å². The van der Waals surface area contributed by atoms with Gasteiger partial charge in [-0.15, -0.1) is 0 Å². The van der Waals surface area contributed by atoms with Crippen molar-refractivity contribution in [2.45, 2.75) is 45.9 Å². The predicted octanol–water partition coefficient (Wildman–Crippen LogP) is 3.76. The number of pyridine rings is 1. The molecule has 26 heavy (non-hydrogen) atoms. The molecule has 2 aromatic heterocycles. The Bertz CT molecular complexity index is 868. The maximum atomic E-state index is 5.86. The third kappa shape index (κ3) is 3.79. The Kier molecular flexibility index (Phi) is 5.00. The zero-order chi connectivity index (χ0) is 17.9. The zero-order valence-corrected chi connectivity index (χ0v) is 15.5. The first-order valence-corrected chi connectivity index (χ1v) is 9.38. The average Bonchev–Trinajstić information content (AvgIpc) is 3.29. The average molecular weight is 350 g/mol. The number of ether oxygens (including phenoxy) is 1. The van der Waals surface area contributed by atoms with E-state index in [4.69, 9.17) is 9.72 Å². The number of fused-ring (bicyclic) bond motifs is 1. The molecular weight excluding hydrogens is 324 g/mol. The number of aryl methyl sites for hydroxylation is 2. The summed E-state index contributed by atoms with van der Waals surface area (Å²) in [7, 11) is 0. The highest BCUT2D eigenvalue weighted by Gasteiger charge is 2.21. The molecule has 3 aromatic rings. The lowest BCUT2D eigenvalue weighted by atomic mass is 10.1. The van der Waals surface area contributed by atoms with Gasteiger partial charge in [0.2, 0.25) is 0 Å². The summed E-state index contributed by atoms with van der Waals surface area (Å²) < 4.78 is 5.86.